The van der Waals surface area contributed by atoms with Gasteiger partial charge in [0.1, 0.15) is 0 Å². The van der Waals surface area contributed by atoms with E-state index < -0.39 is 0 Å². The zero-order valence-corrected chi connectivity index (χ0v) is 15.8. The molecule has 0 atom stereocenters. The van der Waals surface area contributed by atoms with Crippen LogP contribution in [0.25, 0.3) is 0 Å². The van der Waals surface area contributed by atoms with Crippen LogP contribution in [0.4, 0.5) is 11.5 Å². The maximum absolute atomic E-state index is 11.9. The van der Waals surface area contributed by atoms with Gasteiger partial charge < -0.3 is 20.3 Å². The van der Waals surface area contributed by atoms with Crippen molar-refractivity contribution in [3.63, 3.8) is 0 Å². The molecular formula is C18H25N5O2S. The third-order valence-electron chi connectivity index (χ3n) is 4.32. The first kappa shape index (κ1) is 18.6. The maximum atomic E-state index is 11.9. The fourth-order valence-corrected chi connectivity index (χ4v) is 3.72. The second kappa shape index (κ2) is 9.49. The lowest BCUT2D eigenvalue weighted by atomic mass is 10.2. The van der Waals surface area contributed by atoms with Gasteiger partial charge in [-0.05, 0) is 30.4 Å². The molecule has 1 aliphatic rings. The van der Waals surface area contributed by atoms with Gasteiger partial charge >= 0.3 is 0 Å². The molecule has 2 aromatic heterocycles. The van der Waals surface area contributed by atoms with Gasteiger partial charge in [0, 0.05) is 43.5 Å². The van der Waals surface area contributed by atoms with Gasteiger partial charge in [0.2, 0.25) is 5.91 Å². The molecule has 0 bridgehead atoms. The molecule has 3 rings (SSSR count). The fourth-order valence-electron chi connectivity index (χ4n) is 2.81. The van der Waals surface area contributed by atoms with E-state index in [0.29, 0.717) is 19.5 Å². The molecule has 2 aromatic rings. The number of carbonyl (C=O) groups is 1. The summed E-state index contributed by atoms with van der Waals surface area (Å²) in [5, 5.41) is 16.4. The first-order valence-corrected chi connectivity index (χ1v) is 9.79. The van der Waals surface area contributed by atoms with E-state index >= 15 is 0 Å². The summed E-state index contributed by atoms with van der Waals surface area (Å²) in [4.78, 5) is 15.5. The van der Waals surface area contributed by atoms with E-state index in [9.17, 15) is 4.79 Å². The summed E-state index contributed by atoms with van der Waals surface area (Å²) in [6.07, 6.45) is 3.09. The van der Waals surface area contributed by atoms with Gasteiger partial charge in [0.05, 0.1) is 25.1 Å². The molecule has 26 heavy (non-hydrogen) atoms. The number of hydrogen-bond acceptors (Lipinski definition) is 7. The van der Waals surface area contributed by atoms with Crippen molar-refractivity contribution in [1.29, 1.82) is 0 Å². The number of hydrogen-bond donors (Lipinski definition) is 2. The van der Waals surface area contributed by atoms with Gasteiger partial charge in [-0.25, -0.2) is 0 Å². The summed E-state index contributed by atoms with van der Waals surface area (Å²) in [6.45, 7) is 6.47. The number of carbonyl (C=O) groups excluding carboxylic acids is 1. The van der Waals surface area contributed by atoms with Crippen LogP contribution in [0.2, 0.25) is 0 Å². The highest BCUT2D eigenvalue weighted by Gasteiger charge is 2.12. The van der Waals surface area contributed by atoms with Crippen LogP contribution in [-0.2, 0) is 16.0 Å². The Hall–Kier alpha value is -2.19. The number of morpholine rings is 1. The van der Waals surface area contributed by atoms with Gasteiger partial charge in [0.25, 0.3) is 0 Å². The molecule has 0 saturated carbocycles. The minimum Gasteiger partial charge on any atom is -0.378 e. The summed E-state index contributed by atoms with van der Waals surface area (Å²) in [5.74, 6) is 0.796. The number of aryl methyl sites for hydroxylation is 2. The molecule has 1 fully saturated rings. The molecule has 8 heteroatoms. The topological polar surface area (TPSA) is 79.4 Å². The van der Waals surface area contributed by atoms with Gasteiger partial charge in [-0.2, -0.15) is 5.10 Å². The van der Waals surface area contributed by atoms with Crippen LogP contribution >= 0.6 is 11.3 Å². The summed E-state index contributed by atoms with van der Waals surface area (Å²) >= 11 is 1.71. The zero-order valence-electron chi connectivity index (χ0n) is 15.0. The van der Waals surface area contributed by atoms with Crippen molar-refractivity contribution in [3.8, 4) is 0 Å². The standard InChI is InChI=1S/C18H25N5O2S/c1-14-4-11-26-16(14)2-3-18(24)20-6-5-19-17-12-15(13-21-22-17)23-7-9-25-10-8-23/h4,11-13H,2-3,5-10H2,1H3,(H,19,22)(H,20,24). The Labute approximate surface area is 157 Å². The number of nitrogens with one attached hydrogen (secondary N) is 2. The van der Waals surface area contributed by atoms with Crippen molar-refractivity contribution < 1.29 is 9.53 Å². The Morgan fingerprint density at radius 1 is 1.35 bits per heavy atom. The third kappa shape index (κ3) is 5.40. The lowest BCUT2D eigenvalue weighted by molar-refractivity contribution is -0.120. The average Bonchev–Trinajstić information content (AvgIpc) is 3.09. The SMILES string of the molecule is Cc1ccsc1CCC(=O)NCCNc1cc(N2CCOCC2)cnn1. The van der Waals surface area contributed by atoms with Crippen molar-refractivity contribution >= 4 is 28.7 Å². The van der Waals surface area contributed by atoms with Crippen molar-refractivity contribution in [2.24, 2.45) is 0 Å². The van der Waals surface area contributed by atoms with E-state index in [1.165, 1.54) is 10.4 Å². The molecule has 1 aliphatic heterocycles. The predicted octanol–water partition coefficient (Wildman–Crippen LogP) is 1.84. The zero-order chi connectivity index (χ0) is 18.2. The van der Waals surface area contributed by atoms with E-state index in [2.05, 4.69) is 44.1 Å². The normalized spacial score (nSPS) is 14.3. The van der Waals surface area contributed by atoms with Crippen molar-refractivity contribution in [2.45, 2.75) is 19.8 Å². The monoisotopic (exact) mass is 375 g/mol. The summed E-state index contributed by atoms with van der Waals surface area (Å²) in [7, 11) is 0. The minimum atomic E-state index is 0.0766. The Morgan fingerprint density at radius 3 is 2.96 bits per heavy atom. The number of aromatic nitrogens is 2. The highest BCUT2D eigenvalue weighted by Crippen LogP contribution is 2.18. The number of amides is 1. The summed E-state index contributed by atoms with van der Waals surface area (Å²) < 4.78 is 5.37. The van der Waals surface area contributed by atoms with E-state index in [4.69, 9.17) is 4.74 Å². The molecule has 0 radical (unpaired) electrons. The van der Waals surface area contributed by atoms with Crippen LogP contribution in [0.15, 0.2) is 23.7 Å². The Morgan fingerprint density at radius 2 is 2.19 bits per heavy atom. The molecule has 7 nitrogen and oxygen atoms in total. The molecule has 140 valence electrons. The number of nitrogens with zero attached hydrogens (tertiary/aromatic N) is 3. The quantitative estimate of drug-likeness (QED) is 0.686. The lowest BCUT2D eigenvalue weighted by Crippen LogP contribution is -2.36. The maximum Gasteiger partial charge on any atom is 0.220 e. The highest BCUT2D eigenvalue weighted by molar-refractivity contribution is 7.10. The number of anilines is 2. The largest absolute Gasteiger partial charge is 0.378 e. The fraction of sp³-hybridized carbons (Fsp3) is 0.500. The van der Waals surface area contributed by atoms with E-state index in [0.717, 1.165) is 44.2 Å². The van der Waals surface area contributed by atoms with Crippen molar-refractivity contribution in [1.82, 2.24) is 15.5 Å². The average molecular weight is 375 g/mol. The molecule has 1 saturated heterocycles. The molecule has 3 heterocycles. The molecule has 0 aliphatic carbocycles. The van der Waals surface area contributed by atoms with Crippen molar-refractivity contribution in [3.05, 3.63) is 34.2 Å². The Balaban J connectivity index is 1.36. The van der Waals surface area contributed by atoms with Crippen LogP contribution in [0, 0.1) is 6.92 Å². The Kier molecular flexibility index (Phi) is 6.79. The van der Waals surface area contributed by atoms with Gasteiger partial charge in [0.15, 0.2) is 5.82 Å². The second-order valence-corrected chi connectivity index (χ2v) is 7.20. The number of thiophene rings is 1. The molecule has 1 amide bonds. The first-order chi connectivity index (χ1) is 12.7. The molecule has 0 unspecified atom stereocenters. The number of rotatable bonds is 8. The van der Waals surface area contributed by atoms with Gasteiger partial charge in [-0.15, -0.1) is 16.4 Å². The van der Waals surface area contributed by atoms with E-state index in [1.54, 1.807) is 17.5 Å². The smallest absolute Gasteiger partial charge is 0.220 e. The summed E-state index contributed by atoms with van der Waals surface area (Å²) in [5.41, 5.74) is 2.31. The van der Waals surface area contributed by atoms with Gasteiger partial charge in [-0.3, -0.25) is 4.79 Å². The molecular weight excluding hydrogens is 350 g/mol. The van der Waals surface area contributed by atoms with Crippen LogP contribution < -0.4 is 15.5 Å². The second-order valence-electron chi connectivity index (χ2n) is 6.20. The van der Waals surface area contributed by atoms with Crippen LogP contribution in [-0.4, -0.2) is 55.5 Å². The van der Waals surface area contributed by atoms with Crippen molar-refractivity contribution in [2.75, 3.05) is 49.6 Å². The molecule has 2 N–H and O–H groups in total. The third-order valence-corrected chi connectivity index (χ3v) is 5.40. The van der Waals surface area contributed by atoms with Crippen LogP contribution in [0.5, 0.6) is 0 Å². The number of ether oxygens (including phenoxy) is 1. The Bertz CT molecular complexity index is 715. The van der Waals surface area contributed by atoms with Gasteiger partial charge in [-0.1, -0.05) is 0 Å². The minimum absolute atomic E-state index is 0.0766. The van der Waals surface area contributed by atoms with Crippen LogP contribution in [0.1, 0.15) is 16.9 Å². The lowest BCUT2D eigenvalue weighted by Gasteiger charge is -2.28. The molecule has 0 spiro atoms. The van der Waals surface area contributed by atoms with E-state index in [-0.39, 0.29) is 5.91 Å². The highest BCUT2D eigenvalue weighted by atomic mass is 32.1. The first-order valence-electron chi connectivity index (χ1n) is 8.91. The predicted molar refractivity (Wildman–Crippen MR) is 104 cm³/mol. The molecule has 0 aromatic carbocycles. The van der Waals surface area contributed by atoms with E-state index in [1.807, 2.05) is 6.07 Å². The van der Waals surface area contributed by atoms with Crippen LogP contribution in [0.3, 0.4) is 0 Å². The summed E-state index contributed by atoms with van der Waals surface area (Å²) in [6, 6.07) is 4.08.